The van der Waals surface area contributed by atoms with Crippen LogP contribution in [-0.2, 0) is 20.9 Å². The fourth-order valence-electron chi connectivity index (χ4n) is 3.19. The number of hydrogen-bond acceptors (Lipinski definition) is 7. The van der Waals surface area contributed by atoms with Crippen molar-refractivity contribution in [3.63, 3.8) is 0 Å². The van der Waals surface area contributed by atoms with Gasteiger partial charge in [0.15, 0.2) is 0 Å². The smallest absolute Gasteiger partial charge is 0.336 e. The number of non-ortho nitro benzene ring substituents is 1. The second-order valence-corrected chi connectivity index (χ2v) is 8.02. The number of nitrogens with one attached hydrogen (secondary N) is 1. The van der Waals surface area contributed by atoms with Crippen LogP contribution in [0.5, 0.6) is 0 Å². The van der Waals surface area contributed by atoms with E-state index in [1.165, 1.54) is 47.1 Å². The van der Waals surface area contributed by atoms with E-state index in [-0.39, 0.29) is 29.5 Å². The summed E-state index contributed by atoms with van der Waals surface area (Å²) in [5.74, 6) is -0.835. The molecule has 2 heterocycles. The molecular formula is C21H17N3O6S. The molecule has 1 fully saturated rings. The van der Waals surface area contributed by atoms with Crippen LogP contribution in [-0.4, -0.2) is 44.8 Å². The van der Waals surface area contributed by atoms with Crippen molar-refractivity contribution in [3.05, 3.63) is 87.6 Å². The molecule has 2 aromatic carbocycles. The van der Waals surface area contributed by atoms with Gasteiger partial charge in [0.05, 0.1) is 10.5 Å². The lowest BCUT2D eigenvalue weighted by Gasteiger charge is -2.47. The van der Waals surface area contributed by atoms with Crippen LogP contribution in [0.2, 0.25) is 0 Å². The number of carbonyl (C=O) groups is 3. The number of fused-ring (bicyclic) bond motifs is 1. The first kappa shape index (κ1) is 20.6. The zero-order valence-corrected chi connectivity index (χ0v) is 16.9. The number of esters is 1. The van der Waals surface area contributed by atoms with Crippen molar-refractivity contribution in [1.82, 2.24) is 10.2 Å². The van der Waals surface area contributed by atoms with Crippen molar-refractivity contribution in [3.8, 4) is 0 Å². The number of carbonyl (C=O) groups excluding carboxylic acids is 3. The van der Waals surface area contributed by atoms with Gasteiger partial charge in [-0.3, -0.25) is 19.7 Å². The molecule has 0 radical (unpaired) electrons. The second kappa shape index (κ2) is 8.60. The molecule has 2 atom stereocenters. The monoisotopic (exact) mass is 439 g/mol. The molecule has 0 spiro atoms. The summed E-state index contributed by atoms with van der Waals surface area (Å²) in [5.41, 5.74) is 1.38. The van der Waals surface area contributed by atoms with Crippen LogP contribution in [0.4, 0.5) is 5.69 Å². The Hall–Kier alpha value is -3.66. The summed E-state index contributed by atoms with van der Waals surface area (Å²) in [4.78, 5) is 48.7. The number of amides is 2. The highest BCUT2D eigenvalue weighted by Crippen LogP contribution is 2.36. The van der Waals surface area contributed by atoms with Crippen molar-refractivity contribution in [2.24, 2.45) is 0 Å². The van der Waals surface area contributed by atoms with Crippen LogP contribution < -0.4 is 5.32 Å². The Kier molecular flexibility index (Phi) is 5.72. The number of β-lactam (4-membered cyclic amide) rings is 1. The molecule has 31 heavy (non-hydrogen) atoms. The summed E-state index contributed by atoms with van der Waals surface area (Å²) < 4.78 is 5.26. The maximum Gasteiger partial charge on any atom is 0.336 e. The summed E-state index contributed by atoms with van der Waals surface area (Å²) in [6.45, 7) is -0.0357. The molecule has 158 valence electrons. The first-order chi connectivity index (χ1) is 14.9. The van der Waals surface area contributed by atoms with Crippen LogP contribution in [0.15, 0.2) is 66.4 Å². The summed E-state index contributed by atoms with van der Waals surface area (Å²) in [6, 6.07) is 13.7. The van der Waals surface area contributed by atoms with E-state index in [1.54, 1.807) is 30.3 Å². The fourth-order valence-corrected chi connectivity index (χ4v) is 4.44. The minimum Gasteiger partial charge on any atom is -0.457 e. The van der Waals surface area contributed by atoms with Gasteiger partial charge in [0, 0.05) is 29.6 Å². The van der Waals surface area contributed by atoms with Gasteiger partial charge in [-0.15, -0.1) is 11.8 Å². The average molecular weight is 439 g/mol. The highest BCUT2D eigenvalue weighted by molar-refractivity contribution is 8.00. The van der Waals surface area contributed by atoms with Gasteiger partial charge in [0.25, 0.3) is 17.5 Å². The van der Waals surface area contributed by atoms with Gasteiger partial charge in [0.1, 0.15) is 18.0 Å². The van der Waals surface area contributed by atoms with Gasteiger partial charge >= 0.3 is 5.97 Å². The summed E-state index contributed by atoms with van der Waals surface area (Å²) in [6.07, 6.45) is 1.47. The number of nitro groups is 1. The van der Waals surface area contributed by atoms with E-state index >= 15 is 0 Å². The maximum atomic E-state index is 12.4. The molecule has 10 heteroatoms. The van der Waals surface area contributed by atoms with Gasteiger partial charge in [-0.1, -0.05) is 18.2 Å². The predicted molar refractivity (Wildman–Crippen MR) is 112 cm³/mol. The fraction of sp³-hybridized carbons (Fsp3) is 0.190. The van der Waals surface area contributed by atoms with E-state index in [9.17, 15) is 24.5 Å². The number of thioether (sulfide) groups is 1. The lowest BCUT2D eigenvalue weighted by Crippen LogP contribution is -2.68. The molecule has 1 saturated heterocycles. The molecule has 2 aliphatic heterocycles. The van der Waals surface area contributed by atoms with Crippen molar-refractivity contribution in [1.29, 1.82) is 0 Å². The van der Waals surface area contributed by atoms with E-state index < -0.39 is 16.9 Å². The van der Waals surface area contributed by atoms with Gasteiger partial charge in [-0.25, -0.2) is 4.79 Å². The molecular weight excluding hydrogens is 422 g/mol. The third kappa shape index (κ3) is 4.29. The van der Waals surface area contributed by atoms with Crippen molar-refractivity contribution in [2.75, 3.05) is 5.75 Å². The van der Waals surface area contributed by atoms with Crippen molar-refractivity contribution >= 4 is 35.2 Å². The quantitative estimate of drug-likeness (QED) is 0.317. The summed E-state index contributed by atoms with van der Waals surface area (Å²) >= 11 is 1.37. The topological polar surface area (TPSA) is 119 Å². The predicted octanol–water partition coefficient (Wildman–Crippen LogP) is 2.24. The maximum absolute atomic E-state index is 12.4. The Morgan fingerprint density at radius 1 is 1.16 bits per heavy atom. The molecule has 0 aliphatic carbocycles. The summed E-state index contributed by atoms with van der Waals surface area (Å²) in [5, 5.41) is 13.2. The van der Waals surface area contributed by atoms with Crippen molar-refractivity contribution < 1.29 is 24.0 Å². The van der Waals surface area contributed by atoms with E-state index in [0.29, 0.717) is 22.5 Å². The first-order valence-corrected chi connectivity index (χ1v) is 10.4. The van der Waals surface area contributed by atoms with E-state index in [2.05, 4.69) is 5.32 Å². The van der Waals surface area contributed by atoms with Gasteiger partial charge in [-0.05, 0) is 29.8 Å². The molecule has 4 rings (SSSR count). The van der Waals surface area contributed by atoms with Gasteiger partial charge < -0.3 is 15.0 Å². The van der Waals surface area contributed by atoms with Crippen LogP contribution in [0, 0.1) is 10.1 Å². The molecule has 1 N–H and O–H groups in total. The molecule has 0 saturated carbocycles. The number of nitrogens with zero attached hydrogens (tertiary/aromatic N) is 2. The number of hydrogen-bond donors (Lipinski definition) is 1. The Morgan fingerprint density at radius 2 is 1.87 bits per heavy atom. The van der Waals surface area contributed by atoms with E-state index in [1.807, 2.05) is 0 Å². The Balaban J connectivity index is 1.33. The minimum atomic E-state index is -0.647. The number of ether oxygens (including phenoxy) is 1. The third-order valence-electron chi connectivity index (χ3n) is 4.89. The molecule has 1 unspecified atom stereocenters. The number of nitro benzene ring substituents is 1. The highest BCUT2D eigenvalue weighted by atomic mass is 32.2. The number of rotatable bonds is 6. The Bertz CT molecular complexity index is 1070. The summed E-state index contributed by atoms with van der Waals surface area (Å²) in [7, 11) is 0. The molecule has 9 nitrogen and oxygen atoms in total. The Morgan fingerprint density at radius 3 is 2.55 bits per heavy atom. The SMILES string of the molecule is O=C(OCc1ccc([N+](=O)[O-])cc1)C1=CN2C(=O)C(NC(=O)c3ccccc3)[C@H]2SC1. The third-order valence-corrected chi connectivity index (χ3v) is 6.20. The van der Waals surface area contributed by atoms with E-state index in [0.717, 1.165) is 0 Å². The molecule has 0 bridgehead atoms. The highest BCUT2D eigenvalue weighted by Gasteiger charge is 2.50. The van der Waals surface area contributed by atoms with Crippen LogP contribution in [0.1, 0.15) is 15.9 Å². The minimum absolute atomic E-state index is 0.0357. The van der Waals surface area contributed by atoms with Crippen molar-refractivity contribution in [2.45, 2.75) is 18.0 Å². The zero-order chi connectivity index (χ0) is 22.0. The lowest BCUT2D eigenvalue weighted by atomic mass is 10.1. The largest absolute Gasteiger partial charge is 0.457 e. The van der Waals surface area contributed by atoms with Crippen LogP contribution in [0.25, 0.3) is 0 Å². The zero-order valence-electron chi connectivity index (χ0n) is 16.1. The second-order valence-electron chi connectivity index (χ2n) is 6.92. The number of benzene rings is 2. The van der Waals surface area contributed by atoms with Gasteiger partial charge in [-0.2, -0.15) is 0 Å². The van der Waals surface area contributed by atoms with E-state index in [4.69, 9.17) is 4.74 Å². The average Bonchev–Trinajstić information content (AvgIpc) is 2.81. The molecule has 2 aromatic rings. The first-order valence-electron chi connectivity index (χ1n) is 9.35. The lowest BCUT2D eigenvalue weighted by molar-refractivity contribution is -0.384. The Labute approximate surface area is 181 Å². The standard InChI is InChI=1S/C21H17N3O6S/c25-18(14-4-2-1-3-5-14)22-17-19(26)23-10-15(12-31-20(17)23)21(27)30-11-13-6-8-16(9-7-13)24(28)29/h1-10,17,20H,11-12H2,(H,22,25)/t17?,20-/m1/s1. The normalized spacial score (nSPS) is 19.5. The van der Waals surface area contributed by atoms with Crippen LogP contribution in [0.3, 0.4) is 0 Å². The molecule has 2 amide bonds. The van der Waals surface area contributed by atoms with Gasteiger partial charge in [0.2, 0.25) is 0 Å². The molecule has 2 aliphatic rings. The van der Waals surface area contributed by atoms with Crippen LogP contribution >= 0.6 is 11.8 Å². The molecule has 0 aromatic heterocycles.